The number of nitrogens with two attached hydrogens (primary N) is 1. The van der Waals surface area contributed by atoms with E-state index in [1.54, 1.807) is 18.2 Å². The van der Waals surface area contributed by atoms with Crippen molar-refractivity contribution in [1.82, 2.24) is 9.88 Å². The van der Waals surface area contributed by atoms with Gasteiger partial charge >= 0.3 is 6.18 Å². The van der Waals surface area contributed by atoms with E-state index in [2.05, 4.69) is 4.98 Å². The summed E-state index contributed by atoms with van der Waals surface area (Å²) >= 11 is 1.14. The maximum atomic E-state index is 14.6. The van der Waals surface area contributed by atoms with Crippen LogP contribution in [0.25, 0.3) is 10.2 Å². The number of carbonyl (C=O) groups excluding carboxylic acids is 2. The first-order valence-corrected chi connectivity index (χ1v) is 16.7. The molecule has 2 saturated carbocycles. The monoisotopic (exact) mass is 698 g/mol. The summed E-state index contributed by atoms with van der Waals surface area (Å²) in [6, 6.07) is 6.20. The van der Waals surface area contributed by atoms with Gasteiger partial charge in [-0.25, -0.2) is 22.5 Å². The Hall–Kier alpha value is -3.46. The van der Waals surface area contributed by atoms with Gasteiger partial charge in [-0.3, -0.25) is 9.59 Å². The van der Waals surface area contributed by atoms with Crippen LogP contribution in [0.2, 0.25) is 0 Å². The number of benzene rings is 2. The van der Waals surface area contributed by atoms with Gasteiger partial charge in [-0.2, -0.15) is 13.2 Å². The average molecular weight is 699 g/mol. The second-order valence-electron chi connectivity index (χ2n) is 13.8. The van der Waals surface area contributed by atoms with E-state index < -0.39 is 46.4 Å². The van der Waals surface area contributed by atoms with E-state index in [9.17, 15) is 40.3 Å². The molecule has 7 rings (SSSR count). The molecule has 1 aromatic heterocycles. The molecule has 4 aliphatic rings. The van der Waals surface area contributed by atoms with Crippen molar-refractivity contribution in [3.63, 3.8) is 0 Å². The van der Waals surface area contributed by atoms with Crippen molar-refractivity contribution < 1.29 is 45.1 Å². The number of thiazole rings is 1. The van der Waals surface area contributed by atoms with E-state index in [0.29, 0.717) is 21.5 Å². The molecular formula is C33H33F7N4O3S. The first kappa shape index (κ1) is 33.1. The zero-order chi connectivity index (χ0) is 34.2. The molecule has 2 amide bonds. The number of ether oxygens (including phenoxy) is 1. The normalized spacial score (nSPS) is 23.1. The van der Waals surface area contributed by atoms with Gasteiger partial charge in [0.05, 0.1) is 29.1 Å². The van der Waals surface area contributed by atoms with Gasteiger partial charge in [0.25, 0.3) is 0 Å². The van der Waals surface area contributed by atoms with Crippen molar-refractivity contribution in [3.05, 3.63) is 58.1 Å². The highest BCUT2D eigenvalue weighted by molar-refractivity contribution is 7.17. The molecule has 0 radical (unpaired) electrons. The molecule has 1 spiro atoms. The van der Waals surface area contributed by atoms with Crippen LogP contribution in [0.1, 0.15) is 65.9 Å². The Morgan fingerprint density at radius 1 is 1.06 bits per heavy atom. The van der Waals surface area contributed by atoms with Gasteiger partial charge in [0.1, 0.15) is 10.9 Å². The molecule has 2 aliphatic heterocycles. The van der Waals surface area contributed by atoms with Crippen LogP contribution in [0.5, 0.6) is 0 Å². The van der Waals surface area contributed by atoms with Crippen LogP contribution in [0.4, 0.5) is 36.4 Å². The lowest BCUT2D eigenvalue weighted by Crippen LogP contribution is -2.65. The summed E-state index contributed by atoms with van der Waals surface area (Å²) in [4.78, 5) is 32.7. The summed E-state index contributed by atoms with van der Waals surface area (Å²) in [7, 11) is 0. The summed E-state index contributed by atoms with van der Waals surface area (Å²) in [6.45, 7) is 0.651. The molecule has 1 atom stereocenters. The standard InChI is InChI=1S/C33H33F7N4O3S/c34-22-10-23(27-26(25(22)35)42-17-48-27)43-11-20(30(14-43)15-44(16-30)29(46)31(8-9-31)33(38,39)40)13-47-12-19-2-1-3-21(24(19)28(41)45)18-4-6-32(36,37)7-5-18/h1-3,10,17-18,20H,4-9,11-16H2,(H2,41,45)/t20-/m0/s1. The van der Waals surface area contributed by atoms with Crippen molar-refractivity contribution in [2.24, 2.45) is 22.5 Å². The highest BCUT2D eigenvalue weighted by Crippen LogP contribution is 2.60. The Bertz CT molecular complexity index is 1760. The lowest BCUT2D eigenvalue weighted by atomic mass is 9.71. The topological polar surface area (TPSA) is 88.8 Å². The highest BCUT2D eigenvalue weighted by atomic mass is 32.1. The van der Waals surface area contributed by atoms with Crippen LogP contribution in [0.15, 0.2) is 29.8 Å². The lowest BCUT2D eigenvalue weighted by Gasteiger charge is -2.52. The molecular weight excluding hydrogens is 665 g/mol. The van der Waals surface area contributed by atoms with Gasteiger partial charge in [0.15, 0.2) is 11.6 Å². The number of amides is 2. The maximum Gasteiger partial charge on any atom is 0.403 e. The number of halogens is 7. The minimum Gasteiger partial charge on any atom is -0.376 e. The molecule has 48 heavy (non-hydrogen) atoms. The number of primary amides is 1. The number of carbonyl (C=O) groups is 2. The van der Waals surface area contributed by atoms with E-state index in [1.165, 1.54) is 10.4 Å². The molecule has 0 unspecified atom stereocenters. The van der Waals surface area contributed by atoms with Crippen LogP contribution in [0, 0.1) is 28.4 Å². The Kier molecular flexibility index (Phi) is 7.96. The summed E-state index contributed by atoms with van der Waals surface area (Å²) in [5, 5.41) is 0. The predicted molar refractivity (Wildman–Crippen MR) is 163 cm³/mol. The molecule has 2 aliphatic carbocycles. The Labute approximate surface area is 275 Å². The summed E-state index contributed by atoms with van der Waals surface area (Å²) in [5.74, 6) is -7.13. The molecule has 3 heterocycles. The Morgan fingerprint density at radius 2 is 1.77 bits per heavy atom. The summed E-state index contributed by atoms with van der Waals surface area (Å²) in [5.41, 5.74) is 5.73. The van der Waals surface area contributed by atoms with Crippen LogP contribution in [-0.4, -0.2) is 66.6 Å². The number of nitrogens with zero attached hydrogens (tertiary/aromatic N) is 3. The average Bonchev–Trinajstić information content (AvgIpc) is 3.55. The quantitative estimate of drug-likeness (QED) is 0.262. The predicted octanol–water partition coefficient (Wildman–Crippen LogP) is 6.79. The van der Waals surface area contributed by atoms with Gasteiger partial charge < -0.3 is 20.3 Å². The fourth-order valence-electron chi connectivity index (χ4n) is 7.93. The van der Waals surface area contributed by atoms with Gasteiger partial charge in [-0.15, -0.1) is 11.3 Å². The van der Waals surface area contributed by atoms with E-state index in [-0.39, 0.29) is 101 Å². The number of likely N-dealkylation sites (tertiary alicyclic amines) is 1. The highest BCUT2D eigenvalue weighted by Gasteiger charge is 2.71. The zero-order valence-electron chi connectivity index (χ0n) is 25.7. The van der Waals surface area contributed by atoms with Crippen LogP contribution < -0.4 is 10.6 Å². The summed E-state index contributed by atoms with van der Waals surface area (Å²) < 4.78 is 105. The van der Waals surface area contributed by atoms with Gasteiger partial charge in [-0.1, -0.05) is 18.2 Å². The molecule has 7 nitrogen and oxygen atoms in total. The van der Waals surface area contributed by atoms with Gasteiger partial charge in [-0.05, 0) is 42.7 Å². The second-order valence-corrected chi connectivity index (χ2v) is 14.6. The fraction of sp³-hybridized carbons (Fsp3) is 0.545. The molecule has 0 bridgehead atoms. The van der Waals surface area contributed by atoms with Gasteiger partial charge in [0.2, 0.25) is 17.7 Å². The minimum absolute atomic E-state index is 0.0397. The maximum absolute atomic E-state index is 14.6. The number of alkyl halides is 5. The van der Waals surface area contributed by atoms with Crippen LogP contribution >= 0.6 is 11.3 Å². The first-order valence-electron chi connectivity index (χ1n) is 15.8. The number of rotatable bonds is 8. The molecule has 2 aromatic carbocycles. The van der Waals surface area contributed by atoms with Crippen molar-refractivity contribution >= 4 is 39.1 Å². The van der Waals surface area contributed by atoms with Crippen molar-refractivity contribution in [3.8, 4) is 0 Å². The number of anilines is 1. The van der Waals surface area contributed by atoms with Crippen LogP contribution in [0.3, 0.4) is 0 Å². The Balaban J connectivity index is 1.12. The Morgan fingerprint density at radius 3 is 2.42 bits per heavy atom. The number of fused-ring (bicyclic) bond motifs is 1. The first-order chi connectivity index (χ1) is 22.6. The molecule has 3 aromatic rings. The third kappa shape index (κ3) is 5.50. The third-order valence-electron chi connectivity index (χ3n) is 10.8. The van der Waals surface area contributed by atoms with Crippen molar-refractivity contribution in [1.29, 1.82) is 0 Å². The number of hydrogen-bond donors (Lipinski definition) is 1. The number of hydrogen-bond acceptors (Lipinski definition) is 6. The van der Waals surface area contributed by atoms with Crippen LogP contribution in [-0.2, 0) is 16.1 Å². The smallest absolute Gasteiger partial charge is 0.376 e. The minimum atomic E-state index is -4.65. The molecule has 15 heteroatoms. The van der Waals surface area contributed by atoms with Crippen molar-refractivity contribution in [2.45, 2.75) is 63.1 Å². The molecule has 2 N–H and O–H groups in total. The largest absolute Gasteiger partial charge is 0.403 e. The number of aromatic nitrogens is 1. The van der Waals surface area contributed by atoms with Gasteiger partial charge in [0, 0.05) is 62.0 Å². The molecule has 258 valence electrons. The molecule has 2 saturated heterocycles. The zero-order valence-corrected chi connectivity index (χ0v) is 26.5. The lowest BCUT2D eigenvalue weighted by molar-refractivity contribution is -0.205. The SMILES string of the molecule is NC(=O)c1c(COC[C@@H]2CN(c3cc(F)c(F)c4ncsc34)CC23CN(C(=O)C2(C(F)(F)F)CC2)C3)cccc1C1CCC(F)(F)CC1. The summed E-state index contributed by atoms with van der Waals surface area (Å²) in [6.07, 6.45) is -5.30. The van der Waals surface area contributed by atoms with E-state index in [0.717, 1.165) is 17.4 Å². The van der Waals surface area contributed by atoms with E-state index >= 15 is 0 Å². The van der Waals surface area contributed by atoms with E-state index in [4.69, 9.17) is 10.5 Å². The fourth-order valence-corrected chi connectivity index (χ4v) is 8.76. The third-order valence-corrected chi connectivity index (χ3v) is 11.6. The second kappa shape index (κ2) is 11.6. The van der Waals surface area contributed by atoms with Crippen molar-refractivity contribution in [2.75, 3.05) is 37.7 Å². The molecule has 4 fully saturated rings. The van der Waals surface area contributed by atoms with E-state index in [1.807, 2.05) is 4.90 Å².